The highest BCUT2D eigenvalue weighted by molar-refractivity contribution is 5.89. The third-order valence-electron chi connectivity index (χ3n) is 4.64. The van der Waals surface area contributed by atoms with Gasteiger partial charge in [0, 0.05) is 0 Å². The summed E-state index contributed by atoms with van der Waals surface area (Å²) in [5.74, 6) is -1.95. The molecule has 1 aromatic rings. The number of hydrogen-bond donors (Lipinski definition) is 0. The zero-order valence-corrected chi connectivity index (χ0v) is 15.3. The number of benzene rings is 1. The Labute approximate surface area is 152 Å². The van der Waals surface area contributed by atoms with Crippen molar-refractivity contribution >= 4 is 5.97 Å². The molecule has 3 aliphatic heterocycles. The fourth-order valence-electron chi connectivity index (χ4n) is 3.64. The average Bonchev–Trinajstić information content (AvgIpc) is 3.07. The van der Waals surface area contributed by atoms with Crippen LogP contribution in [0.5, 0.6) is 0 Å². The molecule has 0 bridgehead atoms. The van der Waals surface area contributed by atoms with Crippen LogP contribution in [0.15, 0.2) is 30.3 Å². The quantitative estimate of drug-likeness (QED) is 0.762. The van der Waals surface area contributed by atoms with Gasteiger partial charge in [0.15, 0.2) is 17.9 Å². The Balaban J connectivity index is 1.48. The average molecular weight is 364 g/mol. The summed E-state index contributed by atoms with van der Waals surface area (Å²) in [5, 5.41) is 0. The third-order valence-corrected chi connectivity index (χ3v) is 4.64. The molecule has 0 saturated carbocycles. The second kappa shape index (κ2) is 6.28. The summed E-state index contributed by atoms with van der Waals surface area (Å²) < 4.78 is 35.3. The molecule has 7 nitrogen and oxygen atoms in total. The molecule has 26 heavy (non-hydrogen) atoms. The van der Waals surface area contributed by atoms with Gasteiger partial charge in [-0.3, -0.25) is 0 Å². The van der Waals surface area contributed by atoms with E-state index in [-0.39, 0.29) is 12.7 Å². The van der Waals surface area contributed by atoms with Crippen molar-refractivity contribution in [3.8, 4) is 0 Å². The number of esters is 1. The van der Waals surface area contributed by atoms with Crippen LogP contribution in [0, 0.1) is 0 Å². The summed E-state index contributed by atoms with van der Waals surface area (Å²) in [6.45, 7) is 7.38. The highest BCUT2D eigenvalue weighted by Crippen LogP contribution is 2.44. The summed E-state index contributed by atoms with van der Waals surface area (Å²) in [6.07, 6.45) is -2.26. The lowest BCUT2D eigenvalue weighted by atomic mass is 9.99. The van der Waals surface area contributed by atoms with Gasteiger partial charge in [0.05, 0.1) is 5.56 Å². The van der Waals surface area contributed by atoms with E-state index in [0.29, 0.717) is 5.56 Å². The first kappa shape index (κ1) is 17.9. The number of carbonyl (C=O) groups is 1. The highest BCUT2D eigenvalue weighted by Gasteiger charge is 2.60. The van der Waals surface area contributed by atoms with Gasteiger partial charge in [0.2, 0.25) is 0 Å². The van der Waals surface area contributed by atoms with E-state index in [9.17, 15) is 4.79 Å². The minimum Gasteiger partial charge on any atom is -0.459 e. The van der Waals surface area contributed by atoms with Crippen molar-refractivity contribution in [2.45, 2.75) is 70.0 Å². The van der Waals surface area contributed by atoms with E-state index in [2.05, 4.69) is 0 Å². The van der Waals surface area contributed by atoms with Gasteiger partial charge in [-0.25, -0.2) is 4.79 Å². The molecule has 0 aromatic heterocycles. The normalized spacial score (nSPS) is 37.0. The molecule has 0 amide bonds. The Kier molecular flexibility index (Phi) is 4.32. The van der Waals surface area contributed by atoms with Crippen LogP contribution in [0.1, 0.15) is 38.1 Å². The van der Waals surface area contributed by atoms with Crippen LogP contribution in [-0.4, -0.2) is 54.9 Å². The van der Waals surface area contributed by atoms with Crippen LogP contribution < -0.4 is 0 Å². The van der Waals surface area contributed by atoms with Crippen molar-refractivity contribution in [1.29, 1.82) is 0 Å². The molecule has 0 unspecified atom stereocenters. The molecule has 4 rings (SSSR count). The number of fused-ring (bicyclic) bond motifs is 3. The largest absolute Gasteiger partial charge is 0.459 e. The molecular formula is C19H24O7. The molecule has 0 aliphatic carbocycles. The van der Waals surface area contributed by atoms with Crippen molar-refractivity contribution in [1.82, 2.24) is 0 Å². The van der Waals surface area contributed by atoms with Crippen LogP contribution in [0.25, 0.3) is 0 Å². The Bertz CT molecular complexity index is 672. The summed E-state index contributed by atoms with van der Waals surface area (Å²) >= 11 is 0. The zero-order chi connectivity index (χ0) is 18.5. The minimum absolute atomic E-state index is 0.0430. The van der Waals surface area contributed by atoms with Gasteiger partial charge in [-0.15, -0.1) is 0 Å². The number of ether oxygens (including phenoxy) is 6. The summed E-state index contributed by atoms with van der Waals surface area (Å²) in [5.41, 5.74) is 0.489. The van der Waals surface area contributed by atoms with Crippen LogP contribution >= 0.6 is 0 Å². The Hall–Kier alpha value is -1.51. The van der Waals surface area contributed by atoms with E-state index >= 15 is 0 Å². The first-order chi connectivity index (χ1) is 12.2. The first-order valence-electron chi connectivity index (χ1n) is 8.83. The second-order valence-electron chi connectivity index (χ2n) is 7.67. The number of carbonyl (C=O) groups excluding carboxylic acids is 1. The van der Waals surface area contributed by atoms with Crippen molar-refractivity contribution in [2.75, 3.05) is 6.61 Å². The van der Waals surface area contributed by atoms with E-state index < -0.39 is 42.1 Å². The van der Waals surface area contributed by atoms with Crippen LogP contribution in [0.2, 0.25) is 0 Å². The summed E-state index contributed by atoms with van der Waals surface area (Å²) in [4.78, 5) is 12.2. The first-order valence-corrected chi connectivity index (χ1v) is 8.83. The fraction of sp³-hybridized carbons (Fsp3) is 0.632. The van der Waals surface area contributed by atoms with Gasteiger partial charge in [-0.2, -0.15) is 0 Å². The van der Waals surface area contributed by atoms with E-state index in [1.807, 2.05) is 33.8 Å². The topological polar surface area (TPSA) is 72.5 Å². The van der Waals surface area contributed by atoms with E-state index in [1.165, 1.54) is 0 Å². The lowest BCUT2D eigenvalue weighted by Gasteiger charge is -2.36. The van der Waals surface area contributed by atoms with Crippen molar-refractivity contribution in [3.63, 3.8) is 0 Å². The predicted octanol–water partition coefficient (Wildman–Crippen LogP) is 2.24. The van der Waals surface area contributed by atoms with Gasteiger partial charge < -0.3 is 28.4 Å². The smallest absolute Gasteiger partial charge is 0.338 e. The monoisotopic (exact) mass is 364 g/mol. The van der Waals surface area contributed by atoms with Gasteiger partial charge in [-0.05, 0) is 39.8 Å². The van der Waals surface area contributed by atoms with E-state index in [1.54, 1.807) is 24.3 Å². The Morgan fingerprint density at radius 1 is 0.923 bits per heavy atom. The van der Waals surface area contributed by atoms with Gasteiger partial charge in [0.25, 0.3) is 0 Å². The molecule has 3 saturated heterocycles. The van der Waals surface area contributed by atoms with Crippen LogP contribution in [-0.2, 0) is 28.4 Å². The lowest BCUT2D eigenvalue weighted by Crippen LogP contribution is -2.56. The van der Waals surface area contributed by atoms with Crippen molar-refractivity contribution < 1.29 is 33.2 Å². The summed E-state index contributed by atoms with van der Waals surface area (Å²) in [7, 11) is 0. The van der Waals surface area contributed by atoms with Crippen molar-refractivity contribution in [2.24, 2.45) is 0 Å². The number of hydrogen-bond acceptors (Lipinski definition) is 7. The molecule has 3 fully saturated rings. The van der Waals surface area contributed by atoms with Gasteiger partial charge >= 0.3 is 5.97 Å². The number of rotatable bonds is 3. The maximum atomic E-state index is 12.2. The maximum Gasteiger partial charge on any atom is 0.338 e. The van der Waals surface area contributed by atoms with E-state index in [4.69, 9.17) is 28.4 Å². The van der Waals surface area contributed by atoms with Crippen molar-refractivity contribution in [3.05, 3.63) is 35.9 Å². The third kappa shape index (κ3) is 3.37. The molecule has 3 aliphatic rings. The van der Waals surface area contributed by atoms with E-state index in [0.717, 1.165) is 0 Å². The molecule has 5 atom stereocenters. The van der Waals surface area contributed by atoms with Gasteiger partial charge in [0.1, 0.15) is 31.0 Å². The maximum absolute atomic E-state index is 12.2. The highest BCUT2D eigenvalue weighted by atomic mass is 16.9. The van der Waals surface area contributed by atoms with Crippen LogP contribution in [0.3, 0.4) is 0 Å². The standard InChI is InChI=1S/C19H24O7/c1-18(2)23-13-12(10-21-16(20)11-8-6-5-7-9-11)22-17-15(14(13)24-18)25-19(3,4)26-17/h5-9,12-15,17H,10H2,1-4H3/t12-,13+,14-,15+,17+/m1/s1. The fourth-order valence-corrected chi connectivity index (χ4v) is 3.64. The molecular weight excluding hydrogens is 340 g/mol. The second-order valence-corrected chi connectivity index (χ2v) is 7.67. The predicted molar refractivity (Wildman–Crippen MR) is 89.2 cm³/mol. The molecule has 142 valence electrons. The zero-order valence-electron chi connectivity index (χ0n) is 15.3. The van der Waals surface area contributed by atoms with Crippen LogP contribution in [0.4, 0.5) is 0 Å². The molecule has 0 radical (unpaired) electrons. The molecule has 3 heterocycles. The molecule has 0 spiro atoms. The SMILES string of the molecule is CC1(C)O[C@@H]2O[C@H](COC(=O)c3ccccc3)[C@@H]3OC(C)(C)O[C@H]3[C@@H]2O1. The molecule has 7 heteroatoms. The Morgan fingerprint density at radius 3 is 2.27 bits per heavy atom. The molecule has 1 aromatic carbocycles. The molecule has 0 N–H and O–H groups in total. The Morgan fingerprint density at radius 2 is 1.54 bits per heavy atom. The summed E-state index contributed by atoms with van der Waals surface area (Å²) in [6, 6.07) is 8.83. The van der Waals surface area contributed by atoms with Gasteiger partial charge in [-0.1, -0.05) is 18.2 Å². The minimum atomic E-state index is -0.772. The lowest BCUT2D eigenvalue weighted by molar-refractivity contribution is -0.240.